The SMILES string of the molecule is CC/C=C\C/C=C\C/C=C\C/C=C\C/C=C\C/C=C\CCCCCCCCCCCCCCCCCCCCCCC(=O)OC(COC(=O)CCCCCCC/C=C\C/C=C\CCC)COC(OCC[N+](C)(C)C)C(=O)O. The Bertz CT molecular complexity index is 1580. The number of carbonyl (C=O) groups excluding carboxylic acids is 2. The lowest BCUT2D eigenvalue weighted by molar-refractivity contribution is -0.870. The van der Waals surface area contributed by atoms with E-state index in [0.29, 0.717) is 11.0 Å². The van der Waals surface area contributed by atoms with Crippen molar-refractivity contribution >= 4 is 17.9 Å². The van der Waals surface area contributed by atoms with Crippen molar-refractivity contribution in [2.75, 3.05) is 47.5 Å². The van der Waals surface area contributed by atoms with Crippen LogP contribution in [-0.4, -0.2) is 87.4 Å². The molecule has 0 bridgehead atoms. The van der Waals surface area contributed by atoms with Gasteiger partial charge in [-0.15, -0.1) is 0 Å². The second-order valence-corrected chi connectivity index (χ2v) is 22.0. The van der Waals surface area contributed by atoms with Crippen LogP contribution in [0.25, 0.3) is 0 Å². The first-order valence-corrected chi connectivity index (χ1v) is 31.4. The second-order valence-electron chi connectivity index (χ2n) is 22.0. The zero-order valence-electron chi connectivity index (χ0n) is 50.3. The third kappa shape index (κ3) is 59.7. The number of carbonyl (C=O) groups is 3. The first kappa shape index (κ1) is 73.2. The number of hydrogen-bond donors (Lipinski definition) is 1. The molecule has 0 saturated carbocycles. The average Bonchev–Trinajstić information content (AvgIpc) is 3.40. The monoisotopic (exact) mass is 1080 g/mol. The summed E-state index contributed by atoms with van der Waals surface area (Å²) in [6, 6.07) is 0. The maximum absolute atomic E-state index is 12.9. The van der Waals surface area contributed by atoms with Crippen LogP contribution in [0, 0.1) is 0 Å². The third-order valence-corrected chi connectivity index (χ3v) is 13.3. The van der Waals surface area contributed by atoms with E-state index in [0.717, 1.165) is 109 Å². The molecule has 0 amide bonds. The number of rotatable bonds is 57. The molecule has 0 aromatic heterocycles. The minimum Gasteiger partial charge on any atom is -0.477 e. The van der Waals surface area contributed by atoms with Crippen LogP contribution in [0.2, 0.25) is 0 Å². The van der Waals surface area contributed by atoms with E-state index in [9.17, 15) is 19.5 Å². The lowest BCUT2D eigenvalue weighted by Gasteiger charge is -2.25. The highest BCUT2D eigenvalue weighted by atomic mass is 16.7. The molecule has 77 heavy (non-hydrogen) atoms. The Kier molecular flexibility index (Phi) is 55.5. The highest BCUT2D eigenvalue weighted by Gasteiger charge is 2.25. The summed E-state index contributed by atoms with van der Waals surface area (Å²) in [5, 5.41) is 9.69. The molecule has 2 unspecified atom stereocenters. The molecule has 1 N–H and O–H groups in total. The second kappa shape index (κ2) is 58.4. The predicted molar refractivity (Wildman–Crippen MR) is 327 cm³/mol. The Hall–Kier alpha value is -3.79. The number of esters is 2. The number of likely N-dealkylation sites (N-methyl/N-ethyl adjacent to an activating group) is 1. The fourth-order valence-electron chi connectivity index (χ4n) is 8.53. The number of unbranched alkanes of at least 4 members (excludes halogenated alkanes) is 26. The van der Waals surface area contributed by atoms with Crippen LogP contribution in [0.3, 0.4) is 0 Å². The van der Waals surface area contributed by atoms with E-state index < -0.39 is 24.3 Å². The topological polar surface area (TPSA) is 108 Å². The summed E-state index contributed by atoms with van der Waals surface area (Å²) in [7, 11) is 5.96. The number of nitrogens with zero attached hydrogens (tertiary/aromatic N) is 1. The maximum Gasteiger partial charge on any atom is 0.361 e. The Labute approximate surface area is 473 Å². The number of carboxylic acid groups (broad SMARTS) is 1. The minimum absolute atomic E-state index is 0.183. The van der Waals surface area contributed by atoms with E-state index in [1.54, 1.807) is 0 Å². The van der Waals surface area contributed by atoms with Crippen molar-refractivity contribution in [3.63, 3.8) is 0 Å². The first-order chi connectivity index (χ1) is 37.6. The van der Waals surface area contributed by atoms with Gasteiger partial charge in [0.15, 0.2) is 6.10 Å². The van der Waals surface area contributed by atoms with E-state index in [4.69, 9.17) is 18.9 Å². The zero-order chi connectivity index (χ0) is 56.2. The molecule has 2 atom stereocenters. The molecule has 0 aromatic rings. The molecule has 0 spiro atoms. The van der Waals surface area contributed by atoms with Gasteiger partial charge in [-0.2, -0.15) is 0 Å². The number of quaternary nitrogens is 1. The average molecular weight is 1080 g/mol. The van der Waals surface area contributed by atoms with E-state index >= 15 is 0 Å². The van der Waals surface area contributed by atoms with Gasteiger partial charge in [-0.1, -0.05) is 252 Å². The number of allylic oxidation sites excluding steroid dienone is 16. The largest absolute Gasteiger partial charge is 0.477 e. The van der Waals surface area contributed by atoms with Gasteiger partial charge in [-0.25, -0.2) is 4.79 Å². The summed E-state index contributed by atoms with van der Waals surface area (Å²) in [5.41, 5.74) is 0. The van der Waals surface area contributed by atoms with Crippen molar-refractivity contribution in [3.8, 4) is 0 Å². The standard InChI is InChI=1S/C68H117NO8/c1-6-8-10-12-14-16-18-20-21-22-23-24-25-26-27-28-29-30-31-32-33-34-35-36-37-38-39-40-41-42-43-44-45-47-49-51-53-55-57-59-66(71)77-64(63-76-68(67(72)73)74-61-60-69(3,4)5)62-75-65(70)58-56-54-52-50-48-46-19-17-15-13-11-9-7-2/h8,10-11,13-14,16-17,19-21,23-24,26-27,29-30,64,68H,6-7,9,12,15,18,22,25,28,31-63H2,1-5H3/p+1/b10-8-,13-11-,16-14-,19-17-,21-20-,24-23-,27-26-,30-29-. The molecule has 0 fully saturated rings. The summed E-state index contributed by atoms with van der Waals surface area (Å²) in [5.74, 6) is -2.02. The molecule has 9 nitrogen and oxygen atoms in total. The summed E-state index contributed by atoms with van der Waals surface area (Å²) in [6.07, 6.45) is 76.6. The minimum atomic E-state index is -1.51. The summed E-state index contributed by atoms with van der Waals surface area (Å²) in [6.45, 7) is 4.69. The smallest absolute Gasteiger partial charge is 0.361 e. The van der Waals surface area contributed by atoms with Gasteiger partial charge in [0.1, 0.15) is 13.2 Å². The van der Waals surface area contributed by atoms with Crippen LogP contribution >= 0.6 is 0 Å². The van der Waals surface area contributed by atoms with E-state index in [2.05, 4.69) is 111 Å². The van der Waals surface area contributed by atoms with Gasteiger partial charge >= 0.3 is 17.9 Å². The fraction of sp³-hybridized carbons (Fsp3) is 0.721. The number of carboxylic acids is 1. The van der Waals surface area contributed by atoms with Crippen LogP contribution < -0.4 is 0 Å². The summed E-state index contributed by atoms with van der Waals surface area (Å²) >= 11 is 0. The Morgan fingerprint density at radius 1 is 0.403 bits per heavy atom. The van der Waals surface area contributed by atoms with Gasteiger partial charge < -0.3 is 28.5 Å². The van der Waals surface area contributed by atoms with Gasteiger partial charge in [0.2, 0.25) is 0 Å². The molecule has 442 valence electrons. The molecule has 0 radical (unpaired) electrons. The predicted octanol–water partition coefficient (Wildman–Crippen LogP) is 18.9. The molecule has 0 aliphatic rings. The van der Waals surface area contributed by atoms with Gasteiger partial charge in [0, 0.05) is 12.8 Å². The van der Waals surface area contributed by atoms with Crippen molar-refractivity contribution < 1.29 is 42.9 Å². The van der Waals surface area contributed by atoms with Gasteiger partial charge in [-0.3, -0.25) is 9.59 Å². The van der Waals surface area contributed by atoms with E-state index in [1.165, 1.54) is 122 Å². The Morgan fingerprint density at radius 3 is 1.10 bits per heavy atom. The van der Waals surface area contributed by atoms with E-state index in [-0.39, 0.29) is 38.6 Å². The lowest BCUT2D eigenvalue weighted by atomic mass is 10.0. The van der Waals surface area contributed by atoms with Crippen LogP contribution in [0.15, 0.2) is 97.2 Å². The van der Waals surface area contributed by atoms with Crippen molar-refractivity contribution in [3.05, 3.63) is 97.2 Å². The van der Waals surface area contributed by atoms with Crippen molar-refractivity contribution in [1.82, 2.24) is 0 Å². The van der Waals surface area contributed by atoms with Crippen LogP contribution in [0.5, 0.6) is 0 Å². The van der Waals surface area contributed by atoms with Crippen molar-refractivity contribution in [1.29, 1.82) is 0 Å². The molecule has 0 saturated heterocycles. The Morgan fingerprint density at radius 2 is 0.740 bits per heavy atom. The fourth-order valence-corrected chi connectivity index (χ4v) is 8.53. The highest BCUT2D eigenvalue weighted by Crippen LogP contribution is 2.17. The molecule has 0 aliphatic carbocycles. The summed E-state index contributed by atoms with van der Waals surface area (Å²) in [4.78, 5) is 37.4. The lowest BCUT2D eigenvalue weighted by Crippen LogP contribution is -2.40. The maximum atomic E-state index is 12.9. The number of ether oxygens (including phenoxy) is 4. The quantitative estimate of drug-likeness (QED) is 0.0211. The van der Waals surface area contributed by atoms with Gasteiger partial charge in [-0.05, 0) is 89.9 Å². The van der Waals surface area contributed by atoms with Gasteiger partial charge in [0.25, 0.3) is 6.29 Å². The van der Waals surface area contributed by atoms with Crippen LogP contribution in [0.1, 0.15) is 258 Å². The summed E-state index contributed by atoms with van der Waals surface area (Å²) < 4.78 is 22.8. The first-order valence-electron chi connectivity index (χ1n) is 31.4. The third-order valence-electron chi connectivity index (χ3n) is 13.3. The van der Waals surface area contributed by atoms with Crippen molar-refractivity contribution in [2.24, 2.45) is 0 Å². The Balaban J connectivity index is 4.00. The molecular formula is C68H118NO8+. The number of hydrogen-bond acceptors (Lipinski definition) is 7. The van der Waals surface area contributed by atoms with Crippen molar-refractivity contribution in [2.45, 2.75) is 270 Å². The normalized spacial score (nSPS) is 13.4. The van der Waals surface area contributed by atoms with E-state index in [1.807, 2.05) is 21.1 Å². The van der Waals surface area contributed by atoms with Crippen LogP contribution in [0.4, 0.5) is 0 Å². The molecule has 0 aliphatic heterocycles. The number of aliphatic carboxylic acids is 1. The molecule has 9 heteroatoms. The molecular weight excluding hydrogens is 959 g/mol. The highest BCUT2D eigenvalue weighted by molar-refractivity contribution is 5.71. The zero-order valence-corrected chi connectivity index (χ0v) is 50.3. The molecule has 0 aromatic carbocycles. The molecule has 0 rings (SSSR count). The van der Waals surface area contributed by atoms with Crippen LogP contribution in [-0.2, 0) is 33.3 Å². The molecule has 0 heterocycles. The van der Waals surface area contributed by atoms with Gasteiger partial charge in [0.05, 0.1) is 34.4 Å².